The van der Waals surface area contributed by atoms with E-state index in [0.717, 1.165) is 12.1 Å². The van der Waals surface area contributed by atoms with Gasteiger partial charge in [0.2, 0.25) is 4.73 Å². The summed E-state index contributed by atoms with van der Waals surface area (Å²) in [5.74, 6) is -0.905. The Morgan fingerprint density at radius 1 is 1.36 bits per heavy atom. The summed E-state index contributed by atoms with van der Waals surface area (Å²) in [6, 6.07) is 3.73. The molecule has 1 heterocycles. The Labute approximate surface area is 137 Å². The number of aromatic nitrogens is 3. The van der Waals surface area contributed by atoms with E-state index in [1.807, 2.05) is 0 Å². The van der Waals surface area contributed by atoms with Crippen LogP contribution in [0.15, 0.2) is 22.9 Å². The molecule has 0 aliphatic heterocycles. The van der Waals surface area contributed by atoms with Gasteiger partial charge in [-0.15, -0.1) is 5.10 Å². The van der Waals surface area contributed by atoms with Gasteiger partial charge in [-0.25, -0.2) is 17.9 Å². The van der Waals surface area contributed by atoms with E-state index in [0.29, 0.717) is 0 Å². The van der Waals surface area contributed by atoms with E-state index in [1.54, 1.807) is 0 Å². The first-order chi connectivity index (χ1) is 10.4. The summed E-state index contributed by atoms with van der Waals surface area (Å²) in [5, 5.41) is 4.18. The van der Waals surface area contributed by atoms with Gasteiger partial charge >= 0.3 is 6.01 Å². The lowest BCUT2D eigenvalue weighted by Crippen LogP contribution is -2.42. The van der Waals surface area contributed by atoms with Gasteiger partial charge in [-0.3, -0.25) is 0 Å². The number of benzene rings is 1. The molecule has 1 aromatic carbocycles. The average molecular weight is 397 g/mol. The number of hydrogen-bond donors (Lipinski definition) is 0. The highest BCUT2D eigenvalue weighted by Gasteiger charge is 2.42. The Bertz CT molecular complexity index is 679. The van der Waals surface area contributed by atoms with Crippen molar-refractivity contribution in [2.75, 3.05) is 0 Å². The molecule has 0 spiro atoms. The maximum absolute atomic E-state index is 13.4. The van der Waals surface area contributed by atoms with Crippen LogP contribution in [0.3, 0.4) is 0 Å². The Balaban J connectivity index is 1.79. The summed E-state index contributed by atoms with van der Waals surface area (Å²) in [6.45, 7) is 0.124. The number of rotatable bonds is 4. The van der Waals surface area contributed by atoms with E-state index in [1.165, 1.54) is 10.7 Å². The molecule has 1 saturated carbocycles. The zero-order valence-corrected chi connectivity index (χ0v) is 13.4. The van der Waals surface area contributed by atoms with Crippen LogP contribution in [0.2, 0.25) is 5.02 Å². The Hall–Kier alpha value is -1.28. The minimum atomic E-state index is -1.51. The summed E-state index contributed by atoms with van der Waals surface area (Å²) in [5.41, 5.74) is 0. The molecule has 1 aliphatic carbocycles. The quantitative estimate of drug-likeness (QED) is 0.773. The highest BCUT2D eigenvalue weighted by atomic mass is 79.9. The first kappa shape index (κ1) is 15.6. The maximum Gasteiger partial charge on any atom is 0.321 e. The summed E-state index contributed by atoms with van der Waals surface area (Å²) in [4.78, 5) is 3.99. The number of hydrogen-bond acceptors (Lipinski definition) is 3. The molecule has 118 valence electrons. The number of alkyl halides is 2. The molecule has 3 rings (SSSR count). The molecule has 3 atom stereocenters. The lowest BCUT2D eigenvalue weighted by atomic mass is 9.81. The Morgan fingerprint density at radius 3 is 2.77 bits per heavy atom. The molecule has 4 nitrogen and oxygen atoms in total. The van der Waals surface area contributed by atoms with Gasteiger partial charge in [0.05, 0.1) is 6.54 Å². The van der Waals surface area contributed by atoms with Crippen molar-refractivity contribution in [2.24, 2.45) is 5.92 Å². The van der Waals surface area contributed by atoms with Crippen LogP contribution in [0.5, 0.6) is 11.8 Å². The van der Waals surface area contributed by atoms with Gasteiger partial charge in [-0.1, -0.05) is 11.6 Å². The fourth-order valence-corrected chi connectivity index (χ4v) is 2.79. The summed E-state index contributed by atoms with van der Waals surface area (Å²) < 4.78 is 46.5. The Kier molecular flexibility index (Phi) is 4.31. The van der Waals surface area contributed by atoms with Crippen molar-refractivity contribution in [1.82, 2.24) is 14.8 Å². The highest BCUT2D eigenvalue weighted by Crippen LogP contribution is 2.36. The second kappa shape index (κ2) is 6.08. The molecule has 1 aromatic heterocycles. The summed E-state index contributed by atoms with van der Waals surface area (Å²) in [7, 11) is 0. The van der Waals surface area contributed by atoms with Crippen LogP contribution in [-0.4, -0.2) is 27.1 Å². The van der Waals surface area contributed by atoms with Crippen molar-refractivity contribution < 1.29 is 17.9 Å². The van der Waals surface area contributed by atoms with E-state index < -0.39 is 24.1 Å². The van der Waals surface area contributed by atoms with Crippen LogP contribution in [0.4, 0.5) is 13.2 Å². The fourth-order valence-electron chi connectivity index (χ4n) is 2.23. The Morgan fingerprint density at radius 2 is 2.14 bits per heavy atom. The third kappa shape index (κ3) is 3.22. The summed E-state index contributed by atoms with van der Waals surface area (Å²) >= 11 is 8.84. The van der Waals surface area contributed by atoms with Crippen molar-refractivity contribution in [3.8, 4) is 11.8 Å². The van der Waals surface area contributed by atoms with E-state index in [-0.39, 0.29) is 34.5 Å². The molecule has 0 saturated heterocycles. The van der Waals surface area contributed by atoms with Gasteiger partial charge in [0.15, 0.2) is 0 Å². The van der Waals surface area contributed by atoms with Crippen LogP contribution in [0, 0.1) is 11.7 Å². The molecule has 22 heavy (non-hydrogen) atoms. The number of ether oxygens (including phenoxy) is 1. The molecule has 1 aliphatic rings. The molecule has 0 bridgehead atoms. The molecule has 0 radical (unpaired) electrons. The molecule has 0 amide bonds. The lowest BCUT2D eigenvalue weighted by molar-refractivity contribution is -0.00899. The van der Waals surface area contributed by atoms with E-state index in [4.69, 9.17) is 16.3 Å². The predicted octanol–water partition coefficient (Wildman–Crippen LogP) is 4.32. The van der Waals surface area contributed by atoms with Crippen molar-refractivity contribution in [3.05, 3.63) is 33.8 Å². The second-order valence-electron chi connectivity index (χ2n) is 5.01. The molecule has 1 fully saturated rings. The van der Waals surface area contributed by atoms with Gasteiger partial charge in [0.1, 0.15) is 23.9 Å². The van der Waals surface area contributed by atoms with Gasteiger partial charge in [0, 0.05) is 17.0 Å². The van der Waals surface area contributed by atoms with Crippen LogP contribution in [0.25, 0.3) is 0 Å². The van der Waals surface area contributed by atoms with E-state index >= 15 is 0 Å². The van der Waals surface area contributed by atoms with E-state index in [2.05, 4.69) is 26.0 Å². The van der Waals surface area contributed by atoms with Crippen molar-refractivity contribution in [3.63, 3.8) is 0 Å². The average Bonchev–Trinajstić information content (AvgIpc) is 2.77. The van der Waals surface area contributed by atoms with Crippen molar-refractivity contribution in [2.45, 2.75) is 25.3 Å². The first-order valence-corrected chi connectivity index (χ1v) is 7.62. The number of halogens is 5. The van der Waals surface area contributed by atoms with E-state index in [9.17, 15) is 13.2 Å². The highest BCUT2D eigenvalue weighted by molar-refractivity contribution is 9.10. The number of nitrogens with zero attached hydrogens (tertiary/aromatic N) is 3. The smallest absolute Gasteiger partial charge is 0.321 e. The van der Waals surface area contributed by atoms with Crippen LogP contribution in [0.1, 0.15) is 6.42 Å². The third-order valence-corrected chi connectivity index (χ3v) is 3.94. The third-order valence-electron chi connectivity index (χ3n) is 3.39. The zero-order valence-electron chi connectivity index (χ0n) is 11.0. The molecule has 9 heteroatoms. The van der Waals surface area contributed by atoms with Crippen LogP contribution in [-0.2, 0) is 6.54 Å². The maximum atomic E-state index is 13.4. The van der Waals surface area contributed by atoms with Crippen LogP contribution < -0.4 is 4.74 Å². The van der Waals surface area contributed by atoms with Crippen molar-refractivity contribution in [1.29, 1.82) is 0 Å². The normalized spacial score (nSPS) is 24.1. The summed E-state index contributed by atoms with van der Waals surface area (Å²) in [6.07, 6.45) is -2.81. The topological polar surface area (TPSA) is 39.9 Å². The SMILES string of the molecule is Fc1cc(Cl)cc(Oc2nc(Br)nn2CC2CC(F)C2F)c1. The molecule has 3 unspecified atom stereocenters. The predicted molar refractivity (Wildman–Crippen MR) is 77.1 cm³/mol. The molecular formula is C13H10BrClF3N3O. The van der Waals surface area contributed by atoms with Gasteiger partial charge in [-0.2, -0.15) is 4.98 Å². The largest absolute Gasteiger partial charge is 0.424 e. The second-order valence-corrected chi connectivity index (χ2v) is 6.15. The molecule has 0 N–H and O–H groups in total. The minimum absolute atomic E-state index is 0.0445. The van der Waals surface area contributed by atoms with Gasteiger partial charge < -0.3 is 4.74 Å². The molecular weight excluding hydrogens is 387 g/mol. The minimum Gasteiger partial charge on any atom is -0.424 e. The van der Waals surface area contributed by atoms with Gasteiger partial charge in [-0.05, 0) is 34.5 Å². The standard InChI is InChI=1S/C13H10BrClF3N3O/c14-12-19-13(22-9-3-7(15)2-8(16)4-9)21(20-12)5-6-1-10(17)11(6)18/h2-4,6,10-11H,1,5H2. The monoisotopic (exact) mass is 395 g/mol. The lowest BCUT2D eigenvalue weighted by Gasteiger charge is -2.33. The first-order valence-electron chi connectivity index (χ1n) is 6.45. The van der Waals surface area contributed by atoms with Crippen molar-refractivity contribution >= 4 is 27.5 Å². The van der Waals surface area contributed by atoms with Gasteiger partial charge in [0.25, 0.3) is 0 Å². The fraction of sp³-hybridized carbons (Fsp3) is 0.385. The molecule has 2 aromatic rings. The van der Waals surface area contributed by atoms with Crippen LogP contribution >= 0.6 is 27.5 Å². The zero-order chi connectivity index (χ0) is 15.9.